The van der Waals surface area contributed by atoms with Crippen LogP contribution < -0.4 is 0 Å². The van der Waals surface area contributed by atoms with Crippen molar-refractivity contribution in [2.75, 3.05) is 19.7 Å². The number of benzene rings is 3. The van der Waals surface area contributed by atoms with Crippen LogP contribution in [0.3, 0.4) is 0 Å². The number of carbonyl (C=O) groups is 1. The third kappa shape index (κ3) is 5.77. The van der Waals surface area contributed by atoms with Crippen LogP contribution in [0.25, 0.3) is 39.6 Å². The summed E-state index contributed by atoms with van der Waals surface area (Å²) in [6.07, 6.45) is 4.34. The van der Waals surface area contributed by atoms with Gasteiger partial charge in [0, 0.05) is 30.4 Å². The lowest BCUT2D eigenvalue weighted by molar-refractivity contribution is -0.149. The molecule has 0 atom stereocenters. The minimum atomic E-state index is -3.83. The molecular weight excluding hydrogens is 576 g/mol. The van der Waals surface area contributed by atoms with Crippen LogP contribution in [0.4, 0.5) is 0 Å². The molecule has 0 unspecified atom stereocenters. The van der Waals surface area contributed by atoms with Crippen LogP contribution >= 0.6 is 0 Å². The molecule has 11 heteroatoms. The van der Waals surface area contributed by atoms with E-state index in [1.807, 2.05) is 60.8 Å². The Kier molecular flexibility index (Phi) is 8.11. The molecule has 0 aliphatic carbocycles. The Bertz CT molecular complexity index is 1970. The number of esters is 1. The number of sulfonamides is 1. The number of ether oxygens (including phenoxy) is 1. The van der Waals surface area contributed by atoms with Gasteiger partial charge in [-0.3, -0.25) is 4.79 Å². The molecule has 6 rings (SSSR count). The number of piperidine rings is 1. The second kappa shape index (κ2) is 12.3. The third-order valence-corrected chi connectivity index (χ3v) is 9.54. The summed E-state index contributed by atoms with van der Waals surface area (Å²) >= 11 is 0. The summed E-state index contributed by atoms with van der Waals surface area (Å²) in [5.41, 5.74) is 4.38. The van der Waals surface area contributed by atoms with Gasteiger partial charge in [0.15, 0.2) is 0 Å². The van der Waals surface area contributed by atoms with Crippen LogP contribution in [0.1, 0.15) is 31.2 Å². The van der Waals surface area contributed by atoms with Gasteiger partial charge >= 0.3 is 5.97 Å². The van der Waals surface area contributed by atoms with Crippen molar-refractivity contribution < 1.29 is 17.9 Å². The topological polar surface area (TPSA) is 134 Å². The SMILES string of the molecule is CCOC(=O)C1CCN(S(=O)(=O)c2cccc(-c3nn(-c4ccccc4)cc3/C=C(/C#N)c3nc4ccccc4[nH]3)c2)CC1. The van der Waals surface area contributed by atoms with Gasteiger partial charge in [-0.05, 0) is 62.2 Å². The summed E-state index contributed by atoms with van der Waals surface area (Å²) < 4.78 is 35.6. The Hall–Kier alpha value is -5.05. The van der Waals surface area contributed by atoms with Crippen molar-refractivity contribution in [1.82, 2.24) is 24.1 Å². The highest BCUT2D eigenvalue weighted by atomic mass is 32.2. The zero-order valence-electron chi connectivity index (χ0n) is 24.1. The number of nitrogens with one attached hydrogen (secondary N) is 1. The van der Waals surface area contributed by atoms with Crippen LogP contribution in [0.2, 0.25) is 0 Å². The largest absolute Gasteiger partial charge is 0.466 e. The predicted octanol–water partition coefficient (Wildman–Crippen LogP) is 5.44. The first-order valence-electron chi connectivity index (χ1n) is 14.4. The molecule has 0 radical (unpaired) electrons. The van der Waals surface area contributed by atoms with Crippen molar-refractivity contribution in [3.8, 4) is 23.0 Å². The third-order valence-electron chi connectivity index (χ3n) is 7.65. The van der Waals surface area contributed by atoms with Gasteiger partial charge in [0.1, 0.15) is 17.6 Å². The number of fused-ring (bicyclic) bond motifs is 1. The van der Waals surface area contributed by atoms with Gasteiger partial charge in [-0.1, -0.05) is 42.5 Å². The molecule has 2 aromatic heterocycles. The fourth-order valence-corrected chi connectivity index (χ4v) is 6.88. The van der Waals surface area contributed by atoms with Crippen LogP contribution in [-0.2, 0) is 19.6 Å². The van der Waals surface area contributed by atoms with E-state index in [0.717, 1.165) is 16.7 Å². The molecule has 5 aromatic rings. The van der Waals surface area contributed by atoms with Crippen molar-refractivity contribution in [2.45, 2.75) is 24.7 Å². The first-order valence-corrected chi connectivity index (χ1v) is 15.8. The van der Waals surface area contributed by atoms with Crippen LogP contribution in [-0.4, -0.2) is 58.1 Å². The number of allylic oxidation sites excluding steroid dienone is 1. The number of nitriles is 1. The van der Waals surface area contributed by atoms with Gasteiger partial charge in [-0.15, -0.1) is 0 Å². The molecule has 1 aliphatic heterocycles. The Morgan fingerprint density at radius 1 is 1.07 bits per heavy atom. The summed E-state index contributed by atoms with van der Waals surface area (Å²) in [5.74, 6) is -0.153. The second-order valence-electron chi connectivity index (χ2n) is 10.4. The maximum absolute atomic E-state index is 13.7. The number of carbonyl (C=O) groups excluding carboxylic acids is 1. The van der Waals surface area contributed by atoms with Crippen LogP contribution in [0.15, 0.2) is 90.0 Å². The maximum Gasteiger partial charge on any atom is 0.309 e. The van der Waals surface area contributed by atoms with E-state index < -0.39 is 10.0 Å². The lowest BCUT2D eigenvalue weighted by Crippen LogP contribution is -2.40. The number of H-pyrrole nitrogens is 1. The molecule has 0 saturated carbocycles. The van der Waals surface area contributed by atoms with Crippen molar-refractivity contribution >= 4 is 38.7 Å². The fraction of sp³-hybridized carbons (Fsp3) is 0.212. The molecule has 0 spiro atoms. The molecule has 1 fully saturated rings. The average molecular weight is 607 g/mol. The molecule has 1 N–H and O–H groups in total. The first kappa shape index (κ1) is 29.0. The zero-order chi connectivity index (χ0) is 30.7. The van der Waals surface area contributed by atoms with E-state index in [2.05, 4.69) is 16.0 Å². The van der Waals surface area contributed by atoms with Crippen LogP contribution in [0, 0.1) is 17.2 Å². The van der Waals surface area contributed by atoms with Crippen molar-refractivity contribution in [1.29, 1.82) is 5.26 Å². The van der Waals surface area contributed by atoms with E-state index in [-0.39, 0.29) is 29.9 Å². The maximum atomic E-state index is 13.7. The van der Waals surface area contributed by atoms with Gasteiger partial charge in [-0.25, -0.2) is 18.1 Å². The molecular formula is C33H30N6O4S. The molecule has 0 bridgehead atoms. The van der Waals surface area contributed by atoms with Gasteiger partial charge in [0.05, 0.1) is 39.7 Å². The van der Waals surface area contributed by atoms with E-state index in [1.165, 1.54) is 4.31 Å². The molecule has 10 nitrogen and oxygen atoms in total. The quantitative estimate of drug-likeness (QED) is 0.184. The summed E-state index contributed by atoms with van der Waals surface area (Å²) in [7, 11) is -3.83. The van der Waals surface area contributed by atoms with E-state index in [4.69, 9.17) is 9.84 Å². The van der Waals surface area contributed by atoms with Gasteiger partial charge in [-0.2, -0.15) is 14.7 Å². The van der Waals surface area contributed by atoms with Gasteiger partial charge in [0.25, 0.3) is 0 Å². The number of hydrogen-bond acceptors (Lipinski definition) is 7. The van der Waals surface area contributed by atoms with E-state index in [0.29, 0.717) is 47.7 Å². The molecule has 3 aromatic carbocycles. The second-order valence-corrected chi connectivity index (χ2v) is 12.4. The fourth-order valence-electron chi connectivity index (χ4n) is 5.36. The molecule has 1 aliphatic rings. The molecule has 44 heavy (non-hydrogen) atoms. The number of nitrogens with zero attached hydrogens (tertiary/aromatic N) is 5. The minimum absolute atomic E-state index is 0.131. The number of hydrogen-bond donors (Lipinski definition) is 1. The molecule has 3 heterocycles. The van der Waals surface area contributed by atoms with Crippen molar-refractivity contribution in [3.63, 3.8) is 0 Å². The van der Waals surface area contributed by atoms with E-state index in [9.17, 15) is 18.5 Å². The van der Waals surface area contributed by atoms with E-state index >= 15 is 0 Å². The Balaban J connectivity index is 1.37. The highest BCUT2D eigenvalue weighted by Gasteiger charge is 2.33. The normalized spacial score (nSPS) is 14.9. The van der Waals surface area contributed by atoms with Gasteiger partial charge < -0.3 is 9.72 Å². The van der Waals surface area contributed by atoms with E-state index in [1.54, 1.807) is 41.9 Å². The summed E-state index contributed by atoms with van der Waals surface area (Å²) in [6.45, 7) is 2.52. The number of para-hydroxylation sites is 3. The monoisotopic (exact) mass is 606 g/mol. The zero-order valence-corrected chi connectivity index (χ0v) is 24.9. The Labute approximate surface area is 255 Å². The summed E-state index contributed by atoms with van der Waals surface area (Å²) in [6, 6.07) is 26.0. The van der Waals surface area contributed by atoms with Gasteiger partial charge in [0.2, 0.25) is 10.0 Å². The lowest BCUT2D eigenvalue weighted by atomic mass is 9.98. The Morgan fingerprint density at radius 3 is 2.55 bits per heavy atom. The first-order chi connectivity index (χ1) is 21.4. The van der Waals surface area contributed by atoms with Crippen molar-refractivity contribution in [3.05, 3.63) is 96.4 Å². The Morgan fingerprint density at radius 2 is 1.82 bits per heavy atom. The van der Waals surface area contributed by atoms with Crippen LogP contribution in [0.5, 0.6) is 0 Å². The molecule has 1 saturated heterocycles. The lowest BCUT2D eigenvalue weighted by Gasteiger charge is -2.30. The number of imidazole rings is 1. The smallest absolute Gasteiger partial charge is 0.309 e. The van der Waals surface area contributed by atoms with Crippen molar-refractivity contribution in [2.24, 2.45) is 5.92 Å². The molecule has 222 valence electrons. The molecule has 0 amide bonds. The average Bonchev–Trinajstić information content (AvgIpc) is 3.69. The highest BCUT2D eigenvalue weighted by molar-refractivity contribution is 7.89. The standard InChI is InChI=1S/C33H30N6O4S/c1-2-43-33(40)23-15-17-38(18-16-23)44(41,42)28-12-8-9-24(20-28)31-26(22-39(37-31)27-10-4-3-5-11-27)19-25(21-34)32-35-29-13-6-7-14-30(29)36-32/h3-14,19-20,22-23H,2,15-18H2,1H3,(H,35,36)/b25-19-. The minimum Gasteiger partial charge on any atom is -0.466 e. The number of aromatic amines is 1. The predicted molar refractivity (Wildman–Crippen MR) is 167 cm³/mol. The summed E-state index contributed by atoms with van der Waals surface area (Å²) in [4.78, 5) is 20.1. The number of rotatable bonds is 8. The number of aromatic nitrogens is 4. The summed E-state index contributed by atoms with van der Waals surface area (Å²) in [5, 5.41) is 14.9. The highest BCUT2D eigenvalue weighted by Crippen LogP contribution is 2.31.